The van der Waals surface area contributed by atoms with E-state index in [1.807, 2.05) is 45.9 Å². The minimum absolute atomic E-state index is 0.270. The standard InChI is InChI=1S/C21H27NO4/c1-7-25-20(23)17-14(5)22-15(6)18(21(24)26-8-2)19(17)16-11-9-10-12(3)13(16)4/h9-11,19,22H,7-8H2,1-6H3. The summed E-state index contributed by atoms with van der Waals surface area (Å²) >= 11 is 0. The number of esters is 2. The van der Waals surface area contributed by atoms with E-state index in [9.17, 15) is 9.59 Å². The van der Waals surface area contributed by atoms with Gasteiger partial charge in [-0.25, -0.2) is 9.59 Å². The zero-order chi connectivity index (χ0) is 19.4. The first-order valence-electron chi connectivity index (χ1n) is 8.92. The van der Waals surface area contributed by atoms with Gasteiger partial charge in [0.2, 0.25) is 0 Å². The van der Waals surface area contributed by atoms with Crippen molar-refractivity contribution in [3.63, 3.8) is 0 Å². The van der Waals surface area contributed by atoms with Crippen molar-refractivity contribution >= 4 is 11.9 Å². The molecule has 1 aromatic rings. The summed E-state index contributed by atoms with van der Waals surface area (Å²) in [6, 6.07) is 5.91. The second kappa shape index (κ2) is 8.21. The van der Waals surface area contributed by atoms with E-state index in [-0.39, 0.29) is 13.2 Å². The van der Waals surface area contributed by atoms with Crippen molar-refractivity contribution in [2.75, 3.05) is 13.2 Å². The Kier molecular flexibility index (Phi) is 6.24. The van der Waals surface area contributed by atoms with E-state index >= 15 is 0 Å². The van der Waals surface area contributed by atoms with Gasteiger partial charge in [0.25, 0.3) is 0 Å². The van der Waals surface area contributed by atoms with Crippen LogP contribution >= 0.6 is 0 Å². The number of carbonyl (C=O) groups is 2. The molecule has 0 unspecified atom stereocenters. The van der Waals surface area contributed by atoms with Crippen LogP contribution < -0.4 is 5.32 Å². The van der Waals surface area contributed by atoms with Crippen molar-refractivity contribution in [1.82, 2.24) is 5.32 Å². The summed E-state index contributed by atoms with van der Waals surface area (Å²) in [4.78, 5) is 25.5. The van der Waals surface area contributed by atoms with E-state index in [1.54, 1.807) is 13.8 Å². The Morgan fingerprint density at radius 2 is 1.42 bits per heavy atom. The van der Waals surface area contributed by atoms with Crippen LogP contribution in [0, 0.1) is 13.8 Å². The molecule has 0 aliphatic carbocycles. The van der Waals surface area contributed by atoms with Crippen molar-refractivity contribution in [3.8, 4) is 0 Å². The fraction of sp³-hybridized carbons (Fsp3) is 0.429. The van der Waals surface area contributed by atoms with E-state index in [2.05, 4.69) is 5.32 Å². The minimum Gasteiger partial charge on any atom is -0.463 e. The predicted octanol–water partition coefficient (Wildman–Crippen LogP) is 3.66. The molecule has 1 heterocycles. The van der Waals surface area contributed by atoms with Gasteiger partial charge in [0.1, 0.15) is 0 Å². The van der Waals surface area contributed by atoms with Crippen molar-refractivity contribution in [2.45, 2.75) is 47.5 Å². The van der Waals surface area contributed by atoms with E-state index < -0.39 is 17.9 Å². The Morgan fingerprint density at radius 1 is 0.923 bits per heavy atom. The molecule has 1 aromatic carbocycles. The summed E-state index contributed by atoms with van der Waals surface area (Å²) in [5, 5.41) is 3.15. The van der Waals surface area contributed by atoms with Gasteiger partial charge in [-0.2, -0.15) is 0 Å². The number of nitrogens with one attached hydrogen (secondary N) is 1. The van der Waals surface area contributed by atoms with Crippen LogP contribution in [0.15, 0.2) is 40.7 Å². The topological polar surface area (TPSA) is 64.6 Å². The molecule has 0 spiro atoms. The molecule has 0 atom stereocenters. The van der Waals surface area contributed by atoms with Crippen LogP contribution in [0.5, 0.6) is 0 Å². The van der Waals surface area contributed by atoms with Gasteiger partial charge >= 0.3 is 11.9 Å². The molecule has 0 radical (unpaired) electrons. The maximum Gasteiger partial charge on any atom is 0.336 e. The molecule has 5 heteroatoms. The molecule has 2 rings (SSSR count). The fourth-order valence-corrected chi connectivity index (χ4v) is 3.35. The Hall–Kier alpha value is -2.56. The lowest BCUT2D eigenvalue weighted by atomic mass is 9.78. The molecule has 5 nitrogen and oxygen atoms in total. The second-order valence-electron chi connectivity index (χ2n) is 6.37. The van der Waals surface area contributed by atoms with Crippen LogP contribution in [0.1, 0.15) is 50.3 Å². The molecule has 140 valence electrons. The molecule has 1 N–H and O–H groups in total. The van der Waals surface area contributed by atoms with Crippen LogP contribution in [0.2, 0.25) is 0 Å². The van der Waals surface area contributed by atoms with Gasteiger partial charge in [-0.3, -0.25) is 0 Å². The molecule has 0 aromatic heterocycles. The number of carbonyl (C=O) groups excluding carboxylic acids is 2. The first-order valence-corrected chi connectivity index (χ1v) is 8.92. The molecule has 0 bridgehead atoms. The Labute approximate surface area is 155 Å². The minimum atomic E-state index is -0.519. The van der Waals surface area contributed by atoms with Crippen LogP contribution in [0.25, 0.3) is 0 Å². The maximum atomic E-state index is 12.7. The molecule has 0 saturated heterocycles. The smallest absolute Gasteiger partial charge is 0.336 e. The van der Waals surface area contributed by atoms with Crippen LogP contribution in [0.3, 0.4) is 0 Å². The molecule has 1 aliphatic heterocycles. The Balaban J connectivity index is 2.71. The zero-order valence-electron chi connectivity index (χ0n) is 16.4. The lowest BCUT2D eigenvalue weighted by Crippen LogP contribution is -2.33. The molecular formula is C21H27NO4. The average molecular weight is 357 g/mol. The number of ether oxygens (including phenoxy) is 2. The van der Waals surface area contributed by atoms with Gasteiger partial charge in [-0.15, -0.1) is 0 Å². The largest absolute Gasteiger partial charge is 0.463 e. The predicted molar refractivity (Wildman–Crippen MR) is 100 cm³/mol. The lowest BCUT2D eigenvalue weighted by molar-refractivity contribution is -0.139. The summed E-state index contributed by atoms with van der Waals surface area (Å²) in [6.07, 6.45) is 0. The fourth-order valence-electron chi connectivity index (χ4n) is 3.35. The maximum absolute atomic E-state index is 12.7. The number of aryl methyl sites for hydroxylation is 1. The van der Waals surface area contributed by atoms with E-state index in [0.717, 1.165) is 16.7 Å². The molecule has 1 aliphatic rings. The quantitative estimate of drug-likeness (QED) is 0.815. The summed E-state index contributed by atoms with van der Waals surface area (Å²) in [6.45, 7) is 11.8. The highest BCUT2D eigenvalue weighted by Crippen LogP contribution is 2.40. The number of hydrogen-bond acceptors (Lipinski definition) is 5. The molecule has 0 saturated carbocycles. The first-order chi connectivity index (χ1) is 12.3. The number of rotatable bonds is 5. The third kappa shape index (κ3) is 3.66. The second-order valence-corrected chi connectivity index (χ2v) is 6.37. The van der Waals surface area contributed by atoms with Crippen molar-refractivity contribution in [1.29, 1.82) is 0 Å². The summed E-state index contributed by atoms with van der Waals surface area (Å²) in [7, 11) is 0. The Morgan fingerprint density at radius 3 is 1.88 bits per heavy atom. The first kappa shape index (κ1) is 19.8. The molecular weight excluding hydrogens is 330 g/mol. The van der Waals surface area contributed by atoms with Crippen molar-refractivity contribution in [2.24, 2.45) is 0 Å². The van der Waals surface area contributed by atoms with Gasteiger partial charge < -0.3 is 14.8 Å². The van der Waals surface area contributed by atoms with Gasteiger partial charge in [0, 0.05) is 11.4 Å². The highest BCUT2D eigenvalue weighted by atomic mass is 16.5. The van der Waals surface area contributed by atoms with Gasteiger partial charge in [-0.05, 0) is 58.2 Å². The lowest BCUT2D eigenvalue weighted by Gasteiger charge is -2.31. The third-order valence-electron chi connectivity index (χ3n) is 4.71. The van der Waals surface area contributed by atoms with Gasteiger partial charge in [-0.1, -0.05) is 18.2 Å². The monoisotopic (exact) mass is 357 g/mol. The van der Waals surface area contributed by atoms with Crippen LogP contribution in [-0.4, -0.2) is 25.2 Å². The summed E-state index contributed by atoms with van der Waals surface area (Å²) in [5.74, 6) is -1.36. The van der Waals surface area contributed by atoms with E-state index in [4.69, 9.17) is 9.47 Å². The number of dihydropyridines is 1. The van der Waals surface area contributed by atoms with Crippen molar-refractivity contribution < 1.29 is 19.1 Å². The highest BCUT2D eigenvalue weighted by molar-refractivity contribution is 6.00. The van der Waals surface area contributed by atoms with Crippen LogP contribution in [0.4, 0.5) is 0 Å². The Bertz CT molecular complexity index is 749. The molecule has 26 heavy (non-hydrogen) atoms. The van der Waals surface area contributed by atoms with Gasteiger partial charge in [0.15, 0.2) is 0 Å². The molecule has 0 amide bonds. The molecule has 0 fully saturated rings. The number of benzene rings is 1. The van der Waals surface area contributed by atoms with Crippen molar-refractivity contribution in [3.05, 3.63) is 57.4 Å². The highest BCUT2D eigenvalue weighted by Gasteiger charge is 2.38. The van der Waals surface area contributed by atoms with E-state index in [1.165, 1.54) is 0 Å². The number of hydrogen-bond donors (Lipinski definition) is 1. The van der Waals surface area contributed by atoms with E-state index in [0.29, 0.717) is 22.5 Å². The zero-order valence-corrected chi connectivity index (χ0v) is 16.4. The number of allylic oxidation sites excluding steroid dienone is 2. The summed E-state index contributed by atoms with van der Waals surface area (Å²) in [5.41, 5.74) is 5.35. The van der Waals surface area contributed by atoms with Gasteiger partial charge in [0.05, 0.1) is 30.3 Å². The van der Waals surface area contributed by atoms with Crippen LogP contribution in [-0.2, 0) is 19.1 Å². The average Bonchev–Trinajstić information content (AvgIpc) is 2.57. The third-order valence-corrected chi connectivity index (χ3v) is 4.71. The SMILES string of the molecule is CCOC(=O)C1=C(C)NC(C)=C(C(=O)OCC)C1c1cccc(C)c1C. The summed E-state index contributed by atoms with van der Waals surface area (Å²) < 4.78 is 10.6. The normalized spacial score (nSPS) is 15.0.